The average Bonchev–Trinajstić information content (AvgIpc) is 3.35. The molecule has 310 valence electrons. The maximum absolute atomic E-state index is 14.2. The minimum absolute atomic E-state index is 0.0487. The van der Waals surface area contributed by atoms with Crippen molar-refractivity contribution >= 4 is 87.9 Å². The first-order valence-corrected chi connectivity index (χ1v) is 23.7. The number of hydrogen-bond acceptors (Lipinski definition) is 8. The third kappa shape index (κ3) is 6.42. The van der Waals surface area contributed by atoms with Crippen LogP contribution in [0.25, 0.3) is 0 Å². The SMILES string of the molecule is O=S(=O)(c1ccc(N2c3ccccc3N(c3ccccc3)c3ccccc32)cc1)c1cccc(S(=O)(=O)c2ccc(N3c4ccccc4N(c4ccccc4)c4ccccc43)cc2)c1. The quantitative estimate of drug-likeness (QED) is 0.149. The van der Waals surface area contributed by atoms with Crippen molar-refractivity contribution in [1.82, 2.24) is 0 Å². The lowest BCUT2D eigenvalue weighted by Gasteiger charge is -2.40. The number of hydrogen-bond donors (Lipinski definition) is 0. The first-order valence-electron chi connectivity index (χ1n) is 20.8. The van der Waals surface area contributed by atoms with Crippen molar-refractivity contribution in [2.24, 2.45) is 0 Å². The summed E-state index contributed by atoms with van der Waals surface area (Å²) < 4.78 is 57.0. The summed E-state index contributed by atoms with van der Waals surface area (Å²) in [6, 6.07) is 71.9. The van der Waals surface area contributed by atoms with Gasteiger partial charge in [-0.25, -0.2) is 16.8 Å². The van der Waals surface area contributed by atoms with E-state index < -0.39 is 19.7 Å². The Morgan fingerprint density at radius 2 is 0.453 bits per heavy atom. The zero-order valence-electron chi connectivity index (χ0n) is 34.2. The van der Waals surface area contributed by atoms with Crippen LogP contribution in [0, 0.1) is 0 Å². The van der Waals surface area contributed by atoms with Crippen molar-refractivity contribution in [2.75, 3.05) is 19.6 Å². The zero-order chi connectivity index (χ0) is 43.4. The van der Waals surface area contributed by atoms with Crippen LogP contribution in [0.3, 0.4) is 0 Å². The lowest BCUT2D eigenvalue weighted by atomic mass is 10.0. The van der Waals surface area contributed by atoms with E-state index in [1.165, 1.54) is 24.3 Å². The molecule has 0 amide bonds. The molecule has 9 aromatic carbocycles. The molecule has 11 rings (SSSR count). The first-order chi connectivity index (χ1) is 31.3. The fourth-order valence-corrected chi connectivity index (χ4v) is 11.5. The van der Waals surface area contributed by atoms with Crippen molar-refractivity contribution in [3.8, 4) is 0 Å². The summed E-state index contributed by atoms with van der Waals surface area (Å²) in [7, 11) is -8.24. The number of anilines is 12. The molecule has 0 bridgehead atoms. The number of benzene rings is 9. The molecular weight excluding hydrogens is 833 g/mol. The van der Waals surface area contributed by atoms with Gasteiger partial charge in [-0.3, -0.25) is 0 Å². The predicted octanol–water partition coefficient (Wildman–Crippen LogP) is 13.9. The molecule has 0 N–H and O–H groups in total. The van der Waals surface area contributed by atoms with Gasteiger partial charge < -0.3 is 19.6 Å². The lowest BCUT2D eigenvalue weighted by Crippen LogP contribution is -2.23. The second kappa shape index (κ2) is 15.5. The van der Waals surface area contributed by atoms with E-state index in [2.05, 4.69) is 92.4 Å². The normalized spacial score (nSPS) is 13.1. The molecule has 0 fully saturated rings. The highest BCUT2D eigenvalue weighted by Gasteiger charge is 2.32. The molecule has 2 aliphatic rings. The molecule has 0 saturated heterocycles. The van der Waals surface area contributed by atoms with Crippen LogP contribution in [-0.4, -0.2) is 16.8 Å². The molecular formula is C54H38N4O4S2. The van der Waals surface area contributed by atoms with Crippen molar-refractivity contribution in [2.45, 2.75) is 19.6 Å². The molecule has 0 aliphatic carbocycles. The van der Waals surface area contributed by atoms with Crippen LogP contribution in [0.2, 0.25) is 0 Å². The third-order valence-corrected chi connectivity index (χ3v) is 15.3. The van der Waals surface area contributed by atoms with E-state index in [1.54, 1.807) is 48.5 Å². The van der Waals surface area contributed by atoms with Crippen molar-refractivity contribution in [3.63, 3.8) is 0 Å². The standard InChI is InChI=1S/C54H38N4O4S2/c59-63(60,43-34-30-41(31-35-43)57-51-26-11-7-22-47(51)55(39-16-3-1-4-17-39)48-23-8-12-27-52(48)57)45-20-15-21-46(38-45)64(61,62)44-36-32-42(33-37-44)58-53-28-13-9-24-49(53)56(40-18-5-2-6-19-40)50-25-10-14-29-54(50)58/h1-38H. The summed E-state index contributed by atoms with van der Waals surface area (Å²) >= 11 is 0. The summed E-state index contributed by atoms with van der Waals surface area (Å²) in [6.07, 6.45) is 0. The molecule has 2 heterocycles. The number of fused-ring (bicyclic) bond motifs is 4. The molecule has 9 aromatic rings. The van der Waals surface area contributed by atoms with E-state index in [0.717, 1.165) is 68.2 Å². The topological polar surface area (TPSA) is 81.2 Å². The van der Waals surface area contributed by atoms with Crippen LogP contribution >= 0.6 is 0 Å². The fourth-order valence-electron chi connectivity index (χ4n) is 8.78. The molecule has 0 unspecified atom stereocenters. The Hall–Kier alpha value is -7.92. The minimum Gasteiger partial charge on any atom is -0.306 e. The maximum atomic E-state index is 14.2. The van der Waals surface area contributed by atoms with E-state index in [-0.39, 0.29) is 19.6 Å². The molecule has 0 radical (unpaired) electrons. The summed E-state index contributed by atoms with van der Waals surface area (Å²) in [5.74, 6) is 0. The molecule has 64 heavy (non-hydrogen) atoms. The summed E-state index contributed by atoms with van der Waals surface area (Å²) in [6.45, 7) is 0. The Morgan fingerprint density at radius 1 is 0.219 bits per heavy atom. The van der Waals surface area contributed by atoms with Crippen LogP contribution in [0.1, 0.15) is 0 Å². The number of rotatable bonds is 8. The van der Waals surface area contributed by atoms with E-state index in [4.69, 9.17) is 0 Å². The highest BCUT2D eigenvalue weighted by atomic mass is 32.2. The van der Waals surface area contributed by atoms with Crippen LogP contribution in [0.15, 0.2) is 250 Å². The van der Waals surface area contributed by atoms with Crippen LogP contribution in [0.4, 0.5) is 68.2 Å². The number of nitrogens with zero attached hydrogens (tertiary/aromatic N) is 4. The highest BCUT2D eigenvalue weighted by molar-refractivity contribution is 7.92. The van der Waals surface area contributed by atoms with Gasteiger partial charge in [0.25, 0.3) is 0 Å². The molecule has 0 spiro atoms. The van der Waals surface area contributed by atoms with Crippen LogP contribution in [-0.2, 0) is 19.7 Å². The van der Waals surface area contributed by atoms with Gasteiger partial charge in [0.1, 0.15) is 0 Å². The zero-order valence-corrected chi connectivity index (χ0v) is 35.8. The second-order valence-corrected chi connectivity index (χ2v) is 19.3. The first kappa shape index (κ1) is 39.0. The van der Waals surface area contributed by atoms with Crippen molar-refractivity contribution in [1.29, 1.82) is 0 Å². The van der Waals surface area contributed by atoms with Crippen LogP contribution in [0.5, 0.6) is 0 Å². The third-order valence-electron chi connectivity index (χ3n) is 11.7. The largest absolute Gasteiger partial charge is 0.306 e. The van der Waals surface area contributed by atoms with Gasteiger partial charge >= 0.3 is 0 Å². The van der Waals surface area contributed by atoms with Gasteiger partial charge in [-0.05, 0) is 140 Å². The minimum atomic E-state index is -4.12. The van der Waals surface area contributed by atoms with Gasteiger partial charge in [0.15, 0.2) is 0 Å². The molecule has 0 aromatic heterocycles. The molecule has 8 nitrogen and oxygen atoms in total. The maximum Gasteiger partial charge on any atom is 0.206 e. The van der Waals surface area contributed by atoms with Crippen molar-refractivity contribution in [3.05, 3.63) is 231 Å². The smallest absolute Gasteiger partial charge is 0.206 e. The second-order valence-electron chi connectivity index (χ2n) is 15.4. The van der Waals surface area contributed by atoms with Crippen LogP contribution < -0.4 is 19.6 Å². The number of sulfone groups is 2. The highest BCUT2D eigenvalue weighted by Crippen LogP contribution is 2.55. The van der Waals surface area contributed by atoms with Gasteiger partial charge in [-0.15, -0.1) is 0 Å². The average molecular weight is 871 g/mol. The molecule has 0 saturated carbocycles. The Balaban J connectivity index is 0.891. The van der Waals surface area contributed by atoms with Gasteiger partial charge in [0.2, 0.25) is 19.7 Å². The van der Waals surface area contributed by atoms with Gasteiger partial charge in [0.05, 0.1) is 65.1 Å². The van der Waals surface area contributed by atoms with E-state index in [1.807, 2.05) is 84.9 Å². The van der Waals surface area contributed by atoms with E-state index >= 15 is 0 Å². The van der Waals surface area contributed by atoms with Gasteiger partial charge in [0, 0.05) is 22.7 Å². The molecule has 2 aliphatic heterocycles. The summed E-state index contributed by atoms with van der Waals surface area (Å²) in [4.78, 5) is 8.57. The number of para-hydroxylation sites is 10. The summed E-state index contributed by atoms with van der Waals surface area (Å²) in [5.41, 5.74) is 11.3. The fraction of sp³-hybridized carbons (Fsp3) is 0. The van der Waals surface area contributed by atoms with E-state index in [0.29, 0.717) is 0 Å². The Morgan fingerprint density at radius 3 is 0.719 bits per heavy atom. The molecule has 0 atom stereocenters. The monoisotopic (exact) mass is 870 g/mol. The van der Waals surface area contributed by atoms with Gasteiger partial charge in [-0.2, -0.15) is 0 Å². The van der Waals surface area contributed by atoms with Crippen molar-refractivity contribution < 1.29 is 16.8 Å². The lowest BCUT2D eigenvalue weighted by molar-refractivity contribution is 0.594. The predicted molar refractivity (Wildman–Crippen MR) is 256 cm³/mol. The Labute approximate surface area is 372 Å². The summed E-state index contributed by atoms with van der Waals surface area (Å²) in [5, 5.41) is 0. The van der Waals surface area contributed by atoms with Gasteiger partial charge in [-0.1, -0.05) is 91.0 Å². The van der Waals surface area contributed by atoms with E-state index in [9.17, 15) is 16.8 Å². The Bertz CT molecular complexity index is 3120. The Kier molecular flexibility index (Phi) is 9.41. The molecule has 10 heteroatoms.